The van der Waals surface area contributed by atoms with E-state index in [1.807, 2.05) is 0 Å². The van der Waals surface area contributed by atoms with Gasteiger partial charge < -0.3 is 19.3 Å². The highest BCUT2D eigenvalue weighted by molar-refractivity contribution is 5.95. The average molecular weight is 386 g/mol. The molecule has 1 heterocycles. The predicted octanol–water partition coefficient (Wildman–Crippen LogP) is 2.37. The van der Waals surface area contributed by atoms with E-state index in [9.17, 15) is 14.0 Å². The zero-order valence-electron chi connectivity index (χ0n) is 16.0. The van der Waals surface area contributed by atoms with Crippen molar-refractivity contribution < 1.29 is 23.5 Å². The number of ether oxygens (including phenoxy) is 2. The van der Waals surface area contributed by atoms with E-state index in [0.717, 1.165) is 0 Å². The summed E-state index contributed by atoms with van der Waals surface area (Å²) in [7, 11) is 3.06. The molecular formula is C21H23FN2O4. The Kier molecular flexibility index (Phi) is 6.13. The van der Waals surface area contributed by atoms with Crippen molar-refractivity contribution in [2.45, 2.75) is 6.42 Å². The molecule has 0 aromatic heterocycles. The van der Waals surface area contributed by atoms with Crippen molar-refractivity contribution in [1.29, 1.82) is 0 Å². The molecule has 0 radical (unpaired) electrons. The highest BCUT2D eigenvalue weighted by Gasteiger charge is 2.25. The summed E-state index contributed by atoms with van der Waals surface area (Å²) >= 11 is 0. The van der Waals surface area contributed by atoms with Crippen LogP contribution in [0.15, 0.2) is 42.5 Å². The summed E-state index contributed by atoms with van der Waals surface area (Å²) in [6, 6.07) is 11.3. The van der Waals surface area contributed by atoms with Crippen LogP contribution in [0.4, 0.5) is 4.39 Å². The van der Waals surface area contributed by atoms with Crippen LogP contribution in [0.1, 0.15) is 15.9 Å². The third kappa shape index (κ3) is 4.24. The van der Waals surface area contributed by atoms with Gasteiger partial charge in [0.15, 0.2) is 11.5 Å². The highest BCUT2D eigenvalue weighted by atomic mass is 19.1. The van der Waals surface area contributed by atoms with Gasteiger partial charge in [-0.15, -0.1) is 0 Å². The first-order chi connectivity index (χ1) is 13.5. The van der Waals surface area contributed by atoms with E-state index >= 15 is 0 Å². The van der Waals surface area contributed by atoms with Crippen molar-refractivity contribution in [2.24, 2.45) is 0 Å². The second-order valence-electron chi connectivity index (χ2n) is 6.51. The topological polar surface area (TPSA) is 59.1 Å². The van der Waals surface area contributed by atoms with Crippen LogP contribution in [-0.4, -0.2) is 62.0 Å². The second-order valence-corrected chi connectivity index (χ2v) is 6.51. The molecule has 1 fully saturated rings. The lowest BCUT2D eigenvalue weighted by Crippen LogP contribution is -2.51. The van der Waals surface area contributed by atoms with Crippen LogP contribution in [0.25, 0.3) is 0 Å². The Morgan fingerprint density at radius 1 is 0.929 bits per heavy atom. The minimum atomic E-state index is -0.377. The molecule has 1 aliphatic heterocycles. The van der Waals surface area contributed by atoms with Crippen LogP contribution >= 0.6 is 0 Å². The van der Waals surface area contributed by atoms with Crippen LogP contribution in [0.2, 0.25) is 0 Å². The maximum atomic E-state index is 13.7. The zero-order valence-corrected chi connectivity index (χ0v) is 16.0. The number of amides is 2. The number of halogens is 1. The second kappa shape index (κ2) is 8.73. The predicted molar refractivity (Wildman–Crippen MR) is 102 cm³/mol. The van der Waals surface area contributed by atoms with Crippen LogP contribution in [0, 0.1) is 5.82 Å². The molecule has 1 aliphatic rings. The maximum absolute atomic E-state index is 13.7. The maximum Gasteiger partial charge on any atom is 0.254 e. The molecule has 0 unspecified atom stereocenters. The number of nitrogens with zero attached hydrogens (tertiary/aromatic N) is 2. The minimum absolute atomic E-state index is 0.0241. The summed E-state index contributed by atoms with van der Waals surface area (Å²) in [6.45, 7) is 1.70. The average Bonchev–Trinajstić information content (AvgIpc) is 2.74. The Bertz CT molecular complexity index is 863. The molecular weight excluding hydrogens is 363 g/mol. The molecule has 2 aromatic carbocycles. The fraction of sp³-hybridized carbons (Fsp3) is 0.333. The van der Waals surface area contributed by atoms with E-state index in [-0.39, 0.29) is 24.1 Å². The Balaban J connectivity index is 1.59. The molecule has 3 rings (SSSR count). The standard InChI is InChI=1S/C21H23FN2O4/c1-27-18-8-7-16(13-19(18)28-2)21(26)24-11-9-23(10-12-24)20(25)14-15-5-3-4-6-17(15)22/h3-8,13H,9-12,14H2,1-2H3. The van der Waals surface area contributed by atoms with Crippen molar-refractivity contribution >= 4 is 11.8 Å². The fourth-order valence-corrected chi connectivity index (χ4v) is 3.23. The number of hydrogen-bond donors (Lipinski definition) is 0. The molecule has 6 nitrogen and oxygen atoms in total. The Labute approximate surface area is 163 Å². The quantitative estimate of drug-likeness (QED) is 0.792. The van der Waals surface area contributed by atoms with E-state index in [0.29, 0.717) is 48.8 Å². The molecule has 0 N–H and O–H groups in total. The van der Waals surface area contributed by atoms with Gasteiger partial charge in [0.05, 0.1) is 20.6 Å². The third-order valence-electron chi connectivity index (χ3n) is 4.85. The SMILES string of the molecule is COc1ccc(C(=O)N2CCN(C(=O)Cc3ccccc3F)CC2)cc1OC. The molecule has 1 saturated heterocycles. The van der Waals surface area contributed by atoms with Gasteiger partial charge in [0, 0.05) is 31.7 Å². The molecule has 0 spiro atoms. The number of carbonyl (C=O) groups excluding carboxylic acids is 2. The fourth-order valence-electron chi connectivity index (χ4n) is 3.23. The molecule has 28 heavy (non-hydrogen) atoms. The normalized spacial score (nSPS) is 14.0. The molecule has 7 heteroatoms. The summed E-state index contributed by atoms with van der Waals surface area (Å²) in [4.78, 5) is 28.6. The van der Waals surface area contributed by atoms with Crippen molar-refractivity contribution in [3.8, 4) is 11.5 Å². The molecule has 0 atom stereocenters. The van der Waals surface area contributed by atoms with Crippen molar-refractivity contribution in [3.05, 3.63) is 59.4 Å². The van der Waals surface area contributed by atoms with Crippen LogP contribution in [-0.2, 0) is 11.2 Å². The van der Waals surface area contributed by atoms with E-state index in [1.165, 1.54) is 20.3 Å². The van der Waals surface area contributed by atoms with Gasteiger partial charge in [-0.05, 0) is 29.8 Å². The van der Waals surface area contributed by atoms with Crippen molar-refractivity contribution in [3.63, 3.8) is 0 Å². The highest BCUT2D eigenvalue weighted by Crippen LogP contribution is 2.28. The molecule has 0 saturated carbocycles. The van der Waals surface area contributed by atoms with Gasteiger partial charge >= 0.3 is 0 Å². The number of benzene rings is 2. The summed E-state index contributed by atoms with van der Waals surface area (Å²) in [5.41, 5.74) is 0.889. The van der Waals surface area contributed by atoms with E-state index in [4.69, 9.17) is 9.47 Å². The lowest BCUT2D eigenvalue weighted by atomic mass is 10.1. The number of hydrogen-bond acceptors (Lipinski definition) is 4. The van der Waals surface area contributed by atoms with Gasteiger partial charge in [-0.1, -0.05) is 18.2 Å². The Morgan fingerprint density at radius 3 is 2.21 bits per heavy atom. The monoisotopic (exact) mass is 386 g/mol. The first-order valence-electron chi connectivity index (χ1n) is 9.06. The van der Waals surface area contributed by atoms with Gasteiger partial charge in [-0.2, -0.15) is 0 Å². The van der Waals surface area contributed by atoms with Crippen LogP contribution < -0.4 is 9.47 Å². The number of carbonyl (C=O) groups is 2. The van der Waals surface area contributed by atoms with E-state index in [1.54, 1.807) is 46.2 Å². The molecule has 2 aromatic rings. The van der Waals surface area contributed by atoms with Crippen molar-refractivity contribution in [1.82, 2.24) is 9.80 Å². The summed E-state index contributed by atoms with van der Waals surface area (Å²) < 4.78 is 24.2. The largest absolute Gasteiger partial charge is 0.493 e. The summed E-state index contributed by atoms with van der Waals surface area (Å²) in [5, 5.41) is 0. The van der Waals surface area contributed by atoms with Crippen LogP contribution in [0.5, 0.6) is 11.5 Å². The minimum Gasteiger partial charge on any atom is -0.493 e. The van der Waals surface area contributed by atoms with Gasteiger partial charge in [-0.25, -0.2) is 4.39 Å². The summed E-state index contributed by atoms with van der Waals surface area (Å²) in [6.07, 6.45) is 0.0241. The Morgan fingerprint density at radius 2 is 1.57 bits per heavy atom. The molecule has 0 bridgehead atoms. The Hall–Kier alpha value is -3.09. The molecule has 0 aliphatic carbocycles. The third-order valence-corrected chi connectivity index (χ3v) is 4.85. The number of methoxy groups -OCH3 is 2. The zero-order chi connectivity index (χ0) is 20.1. The van der Waals surface area contributed by atoms with Gasteiger partial charge in [-0.3, -0.25) is 9.59 Å². The first-order valence-corrected chi connectivity index (χ1v) is 9.06. The lowest BCUT2D eigenvalue weighted by molar-refractivity contribution is -0.132. The van der Waals surface area contributed by atoms with Crippen LogP contribution in [0.3, 0.4) is 0 Å². The number of rotatable bonds is 5. The van der Waals surface area contributed by atoms with Crippen molar-refractivity contribution in [2.75, 3.05) is 40.4 Å². The smallest absolute Gasteiger partial charge is 0.254 e. The van der Waals surface area contributed by atoms with Gasteiger partial charge in [0.1, 0.15) is 5.82 Å². The van der Waals surface area contributed by atoms with E-state index in [2.05, 4.69) is 0 Å². The molecule has 2 amide bonds. The summed E-state index contributed by atoms with van der Waals surface area (Å²) in [5.74, 6) is 0.415. The van der Waals surface area contributed by atoms with Gasteiger partial charge in [0.2, 0.25) is 5.91 Å². The lowest BCUT2D eigenvalue weighted by Gasteiger charge is -2.35. The number of piperazine rings is 1. The van der Waals surface area contributed by atoms with E-state index < -0.39 is 0 Å². The first kappa shape index (κ1) is 19.7. The molecule has 148 valence electrons. The van der Waals surface area contributed by atoms with Gasteiger partial charge in [0.25, 0.3) is 5.91 Å².